The lowest BCUT2D eigenvalue weighted by Gasteiger charge is -2.00. The molecule has 1 aromatic carbocycles. The van der Waals surface area contributed by atoms with E-state index in [9.17, 15) is 4.39 Å². The van der Waals surface area contributed by atoms with E-state index in [1.807, 2.05) is 6.07 Å². The van der Waals surface area contributed by atoms with Gasteiger partial charge in [0.1, 0.15) is 11.9 Å². The zero-order valence-electron chi connectivity index (χ0n) is 6.69. The number of quaternary nitrogens is 1. The van der Waals surface area contributed by atoms with Crippen LogP contribution in [0.2, 0.25) is 0 Å². The summed E-state index contributed by atoms with van der Waals surface area (Å²) in [5.74, 6) is -0.0614. The molecule has 12 heavy (non-hydrogen) atoms. The van der Waals surface area contributed by atoms with Gasteiger partial charge in [-0.25, -0.2) is 4.39 Å². The van der Waals surface area contributed by atoms with Gasteiger partial charge in [0, 0.05) is 12.0 Å². The third kappa shape index (κ3) is 1.32. The molecule has 1 aliphatic rings. The summed E-state index contributed by atoms with van der Waals surface area (Å²) in [5.41, 5.74) is 5.94. The highest BCUT2D eigenvalue weighted by atomic mass is 35.5. The van der Waals surface area contributed by atoms with Crippen molar-refractivity contribution in [1.82, 2.24) is 0 Å². The molecule has 3 N–H and O–H groups in total. The largest absolute Gasteiger partial charge is 1.00 e. The number of hydrogen-bond donors (Lipinski definition) is 1. The van der Waals surface area contributed by atoms with E-state index in [2.05, 4.69) is 5.73 Å². The molecule has 0 aromatic heterocycles. The SMILES string of the molecule is [Cl-].[NH3+][C@@H]1CCc2c(F)cccc21. The van der Waals surface area contributed by atoms with E-state index in [0.29, 0.717) is 6.04 Å². The molecule has 0 amide bonds. The fourth-order valence-corrected chi connectivity index (χ4v) is 1.70. The van der Waals surface area contributed by atoms with Crippen LogP contribution in [0.25, 0.3) is 0 Å². The first-order chi connectivity index (χ1) is 5.29. The van der Waals surface area contributed by atoms with Crippen LogP contribution < -0.4 is 18.1 Å². The molecule has 1 nitrogen and oxygen atoms in total. The Labute approximate surface area is 77.2 Å². The summed E-state index contributed by atoms with van der Waals surface area (Å²) in [6, 6.07) is 5.57. The molecule has 0 spiro atoms. The van der Waals surface area contributed by atoms with Gasteiger partial charge in [-0.15, -0.1) is 0 Å². The Morgan fingerprint density at radius 3 is 2.83 bits per heavy atom. The number of halogens is 2. The summed E-state index contributed by atoms with van der Waals surface area (Å²) in [6.45, 7) is 0. The predicted molar refractivity (Wildman–Crippen MR) is 40.4 cm³/mol. The lowest BCUT2D eigenvalue weighted by molar-refractivity contribution is -0.425. The van der Waals surface area contributed by atoms with E-state index in [1.165, 1.54) is 6.07 Å². The summed E-state index contributed by atoms with van der Waals surface area (Å²) in [6.07, 6.45) is 1.85. The number of fused-ring (bicyclic) bond motifs is 1. The minimum Gasteiger partial charge on any atom is -1.00 e. The molecule has 0 unspecified atom stereocenters. The smallest absolute Gasteiger partial charge is 0.126 e. The van der Waals surface area contributed by atoms with E-state index >= 15 is 0 Å². The van der Waals surface area contributed by atoms with Crippen LogP contribution in [0.4, 0.5) is 4.39 Å². The highest BCUT2D eigenvalue weighted by molar-refractivity contribution is 5.33. The summed E-state index contributed by atoms with van der Waals surface area (Å²) < 4.78 is 13.0. The molecule has 1 atom stereocenters. The quantitative estimate of drug-likeness (QED) is 0.490. The molecule has 0 bridgehead atoms. The Kier molecular flexibility index (Phi) is 2.70. The van der Waals surface area contributed by atoms with Crippen LogP contribution >= 0.6 is 0 Å². The maximum absolute atomic E-state index is 13.0. The Hall–Kier alpha value is -0.600. The monoisotopic (exact) mass is 187 g/mol. The number of rotatable bonds is 0. The van der Waals surface area contributed by atoms with Gasteiger partial charge in [0.05, 0.1) is 0 Å². The van der Waals surface area contributed by atoms with Crippen LogP contribution in [-0.2, 0) is 6.42 Å². The average Bonchev–Trinajstić information content (AvgIpc) is 2.35. The molecule has 66 valence electrons. The molecule has 0 heterocycles. The lowest BCUT2D eigenvalue weighted by Crippen LogP contribution is -3.00. The van der Waals surface area contributed by atoms with Crippen LogP contribution in [0.1, 0.15) is 23.6 Å². The second kappa shape index (κ2) is 3.42. The maximum Gasteiger partial charge on any atom is 0.126 e. The van der Waals surface area contributed by atoms with Crippen molar-refractivity contribution in [1.29, 1.82) is 0 Å². The Morgan fingerprint density at radius 2 is 2.17 bits per heavy atom. The number of hydrogen-bond acceptors (Lipinski definition) is 0. The van der Waals surface area contributed by atoms with Gasteiger partial charge in [-0.1, -0.05) is 12.1 Å². The van der Waals surface area contributed by atoms with Crippen LogP contribution in [0.3, 0.4) is 0 Å². The summed E-state index contributed by atoms with van der Waals surface area (Å²) >= 11 is 0. The Balaban J connectivity index is 0.000000720. The van der Waals surface area contributed by atoms with Crippen LogP contribution in [0, 0.1) is 5.82 Å². The molecule has 0 aliphatic heterocycles. The minimum atomic E-state index is -0.0614. The number of benzene rings is 1. The first kappa shape index (κ1) is 9.49. The second-order valence-corrected chi connectivity index (χ2v) is 3.04. The molecule has 1 aliphatic carbocycles. The zero-order chi connectivity index (χ0) is 7.84. The van der Waals surface area contributed by atoms with Gasteiger partial charge < -0.3 is 18.1 Å². The minimum absolute atomic E-state index is 0. The molecular weight excluding hydrogens is 177 g/mol. The first-order valence-electron chi connectivity index (χ1n) is 3.89. The highest BCUT2D eigenvalue weighted by Gasteiger charge is 2.23. The van der Waals surface area contributed by atoms with Gasteiger partial charge in [-0.2, -0.15) is 0 Å². The molecule has 1 aromatic rings. The van der Waals surface area contributed by atoms with E-state index in [-0.39, 0.29) is 18.2 Å². The van der Waals surface area contributed by atoms with E-state index in [4.69, 9.17) is 0 Å². The Morgan fingerprint density at radius 1 is 1.42 bits per heavy atom. The lowest BCUT2D eigenvalue weighted by atomic mass is 10.1. The van der Waals surface area contributed by atoms with Gasteiger partial charge >= 0.3 is 0 Å². The van der Waals surface area contributed by atoms with Gasteiger partial charge in [0.25, 0.3) is 0 Å². The van der Waals surface area contributed by atoms with Crippen molar-refractivity contribution in [3.63, 3.8) is 0 Å². The van der Waals surface area contributed by atoms with Crippen molar-refractivity contribution in [2.75, 3.05) is 0 Å². The van der Waals surface area contributed by atoms with Crippen LogP contribution in [0.15, 0.2) is 18.2 Å². The summed E-state index contributed by atoms with van der Waals surface area (Å²) in [4.78, 5) is 0. The van der Waals surface area contributed by atoms with E-state index in [1.54, 1.807) is 6.07 Å². The normalized spacial score (nSPS) is 20.0. The summed E-state index contributed by atoms with van der Waals surface area (Å²) in [5, 5.41) is 0. The van der Waals surface area contributed by atoms with Crippen molar-refractivity contribution < 1.29 is 22.5 Å². The predicted octanol–water partition coefficient (Wildman–Crippen LogP) is -1.94. The zero-order valence-corrected chi connectivity index (χ0v) is 7.44. The van der Waals surface area contributed by atoms with Crippen LogP contribution in [0.5, 0.6) is 0 Å². The fourth-order valence-electron chi connectivity index (χ4n) is 1.70. The highest BCUT2D eigenvalue weighted by Crippen LogP contribution is 2.29. The molecule has 0 radical (unpaired) electrons. The third-order valence-electron chi connectivity index (χ3n) is 2.34. The second-order valence-electron chi connectivity index (χ2n) is 3.04. The van der Waals surface area contributed by atoms with Crippen molar-refractivity contribution in [2.24, 2.45) is 0 Å². The van der Waals surface area contributed by atoms with Gasteiger partial charge in [-0.3, -0.25) is 0 Å². The third-order valence-corrected chi connectivity index (χ3v) is 2.34. The van der Waals surface area contributed by atoms with Gasteiger partial charge in [0.2, 0.25) is 0 Å². The molecule has 2 rings (SSSR count). The van der Waals surface area contributed by atoms with Gasteiger partial charge in [-0.05, 0) is 18.1 Å². The van der Waals surface area contributed by atoms with Crippen molar-refractivity contribution in [2.45, 2.75) is 18.9 Å². The first-order valence-corrected chi connectivity index (χ1v) is 3.89. The average molecular weight is 188 g/mol. The van der Waals surface area contributed by atoms with Crippen molar-refractivity contribution in [3.05, 3.63) is 35.1 Å². The van der Waals surface area contributed by atoms with Crippen molar-refractivity contribution in [3.8, 4) is 0 Å². The van der Waals surface area contributed by atoms with Gasteiger partial charge in [0.15, 0.2) is 0 Å². The summed E-state index contributed by atoms with van der Waals surface area (Å²) in [7, 11) is 0. The van der Waals surface area contributed by atoms with E-state index in [0.717, 1.165) is 24.0 Å². The molecular formula is C9H11ClFN. The maximum atomic E-state index is 13.0. The molecule has 0 fully saturated rings. The van der Waals surface area contributed by atoms with Crippen molar-refractivity contribution >= 4 is 0 Å². The Bertz CT molecular complexity index is 288. The topological polar surface area (TPSA) is 27.6 Å². The molecule has 0 saturated heterocycles. The molecule has 0 saturated carbocycles. The molecule has 3 heteroatoms. The standard InChI is InChI=1S/C9H10FN.ClH/c10-8-3-1-2-7-6(8)4-5-9(7)11;/h1-3,9H,4-5,11H2;1H/t9-;/m1./s1. The van der Waals surface area contributed by atoms with Crippen LogP contribution in [-0.4, -0.2) is 0 Å². The fraction of sp³-hybridized carbons (Fsp3) is 0.333. The van der Waals surface area contributed by atoms with E-state index < -0.39 is 0 Å².